The second kappa shape index (κ2) is 34.5. The molecule has 0 atom stereocenters. The Labute approximate surface area is 823 Å². The molecule has 0 amide bonds. The van der Waals surface area contributed by atoms with Gasteiger partial charge in [0.05, 0.1) is 73.4 Å². The van der Waals surface area contributed by atoms with Gasteiger partial charge < -0.3 is 42.2 Å². The van der Waals surface area contributed by atoms with Crippen LogP contribution in [-0.2, 0) is 0 Å². The van der Waals surface area contributed by atoms with Crippen molar-refractivity contribution >= 4 is 182 Å². The molecule has 0 N–H and O–H groups in total. The molecule has 3 aliphatic heterocycles. The molecular weight excluding hydrogens is 1750 g/mol. The molecule has 27 aromatic rings. The Hall–Kier alpha value is -19.2. The van der Waals surface area contributed by atoms with Crippen LogP contribution in [0, 0.1) is 0 Å². The zero-order chi connectivity index (χ0) is 92.7. The van der Waals surface area contributed by atoms with Crippen molar-refractivity contribution in [1.82, 2.24) is 15.0 Å². The van der Waals surface area contributed by atoms with Gasteiger partial charge in [0.25, 0.3) is 0 Å². The highest BCUT2D eigenvalue weighted by molar-refractivity contribution is 6.34. The van der Waals surface area contributed by atoms with Gasteiger partial charge in [0.1, 0.15) is 33.5 Å². The first-order valence-electron chi connectivity index (χ1n) is 47.4. The first-order chi connectivity index (χ1) is 70.0. The summed E-state index contributed by atoms with van der Waals surface area (Å²) >= 11 is 0. The van der Waals surface area contributed by atoms with E-state index in [2.05, 4.69) is 367 Å². The van der Waals surface area contributed by atoms with E-state index in [-0.39, 0.29) is 14.9 Å². The number of fused-ring (bicyclic) bond motifs is 27. The summed E-state index contributed by atoms with van der Waals surface area (Å²) in [4.78, 5) is 22.7. The summed E-state index contributed by atoms with van der Waals surface area (Å²) in [5.74, 6) is 4.95. The van der Waals surface area contributed by atoms with Crippen LogP contribution in [0.4, 0.5) is 51.2 Å². The molecule has 9 heterocycles. The van der Waals surface area contributed by atoms with Crippen molar-refractivity contribution in [2.75, 3.05) is 14.7 Å². The number of hydrogen-bond acceptors (Lipinski definition) is 12. The SMILES string of the molecule is C.C.c1ccc(-c2nc3ccccc3c3c2cc(-c2ccc(N4c5ccccc5Oc5ccccc54)cc2)c2oc4ccccc4c23)cc1.c1ccc(-c2nc3ccccc3c3c2cc(-c2cccc(N4c5ccccc5Oc5ccccc54)c2)c2oc4ccccc4c23)cc1.c1ccc(-c2nc3ccccc3c3c2cc(-c2ccccc2N2c4ccccc4Oc4ccccc42)c2oc4ccccc4c23)cc1. The van der Waals surface area contributed by atoms with Gasteiger partial charge in [-0.1, -0.05) is 330 Å². The first kappa shape index (κ1) is 84.3. The maximum Gasteiger partial charge on any atom is 0.151 e. The van der Waals surface area contributed by atoms with Gasteiger partial charge in [-0.15, -0.1) is 0 Å². The van der Waals surface area contributed by atoms with E-state index in [0.29, 0.717) is 0 Å². The van der Waals surface area contributed by atoms with Crippen LogP contribution in [-0.4, -0.2) is 15.0 Å². The number of aromatic nitrogens is 3. The summed E-state index contributed by atoms with van der Waals surface area (Å²) in [6, 6.07) is 164. The molecule has 12 heteroatoms. The number of nitrogens with zero attached hydrogens (tertiary/aromatic N) is 6. The van der Waals surface area contributed by atoms with E-state index in [1.54, 1.807) is 0 Å². The van der Waals surface area contributed by atoms with Crippen LogP contribution in [0.5, 0.6) is 34.5 Å². The summed E-state index contributed by atoms with van der Waals surface area (Å²) < 4.78 is 39.3. The molecule has 0 fully saturated rings. The highest BCUT2D eigenvalue weighted by Crippen LogP contribution is 2.59. The van der Waals surface area contributed by atoms with E-state index in [1.165, 1.54) is 0 Å². The number of furan rings is 3. The summed E-state index contributed by atoms with van der Waals surface area (Å²) in [6.07, 6.45) is 0. The Kier molecular flexibility index (Phi) is 20.4. The van der Waals surface area contributed by atoms with E-state index >= 15 is 0 Å². The standard InChI is InChI=1S/3C43H26N2O2.2CH4/c1-2-14-27(15-3-1)42-32-26-31(43-41(30-18-6-11-23-37(30)47-43)40(32)29-17-4-7-19-33(29)44-42)28-16-5-8-20-34(28)45-35-21-9-12-24-38(35)46-39-25-13-10-22-36(39)45;1-2-13-27(14-3-1)42-33-26-32(43-41(31-18-5-9-22-37(31)47-43)40(33)30-17-4-6-19-34(30)44-42)28-15-12-16-29(25-28)45-35-20-7-10-23-38(35)46-39-24-11-8-21-36(39)45;1-2-12-28(13-3-1)42-33-26-32(43-41(31-15-5-9-19-37(31)47-43)40(33)30-14-4-6-16-34(30)44-42)27-22-24-29(25-23-27)45-35-17-7-10-20-38(35)46-39-21-11-8-18-36(39)45;;/h3*1-26H;2*1H4. The first-order valence-corrected chi connectivity index (χ1v) is 47.4. The monoisotopic (exact) mass is 1840 g/mol. The molecule has 0 saturated carbocycles. The lowest BCUT2D eigenvalue weighted by Crippen LogP contribution is -2.16. The molecule has 0 bridgehead atoms. The minimum Gasteiger partial charge on any atom is -0.455 e. The van der Waals surface area contributed by atoms with Gasteiger partial charge in [0.2, 0.25) is 0 Å². The summed E-state index contributed by atoms with van der Waals surface area (Å²) in [5.41, 5.74) is 29.6. The largest absolute Gasteiger partial charge is 0.455 e. The number of benzene rings is 21. The normalized spacial score (nSPS) is 12.2. The number of ether oxygens (including phenoxy) is 3. The van der Waals surface area contributed by atoms with E-state index in [0.717, 1.165) is 284 Å². The molecule has 6 aromatic heterocycles. The Balaban J connectivity index is 0.000000109. The van der Waals surface area contributed by atoms with Crippen LogP contribution in [0.3, 0.4) is 0 Å². The highest BCUT2D eigenvalue weighted by Gasteiger charge is 2.34. The van der Waals surface area contributed by atoms with Crippen LogP contribution in [0.15, 0.2) is 486 Å². The smallest absolute Gasteiger partial charge is 0.151 e. The highest BCUT2D eigenvalue weighted by atomic mass is 16.5. The van der Waals surface area contributed by atoms with Gasteiger partial charge in [0, 0.05) is 131 Å². The quantitative estimate of drug-likeness (QED) is 0.128. The Morgan fingerprint density at radius 1 is 0.168 bits per heavy atom. The van der Waals surface area contributed by atoms with Crippen molar-refractivity contribution in [3.8, 4) is 102 Å². The zero-order valence-corrected chi connectivity index (χ0v) is 75.7. The molecule has 676 valence electrons. The van der Waals surface area contributed by atoms with Gasteiger partial charge in [-0.25, -0.2) is 15.0 Å². The molecule has 0 saturated heterocycles. The third kappa shape index (κ3) is 13.9. The molecule has 21 aromatic carbocycles. The van der Waals surface area contributed by atoms with E-state index in [9.17, 15) is 0 Å². The number of hydrogen-bond donors (Lipinski definition) is 0. The molecule has 0 spiro atoms. The van der Waals surface area contributed by atoms with Crippen molar-refractivity contribution in [2.45, 2.75) is 14.9 Å². The van der Waals surface area contributed by atoms with Gasteiger partial charge >= 0.3 is 0 Å². The molecule has 0 aliphatic carbocycles. The van der Waals surface area contributed by atoms with E-state index < -0.39 is 0 Å². The average Bonchev–Trinajstić information content (AvgIpc) is 1.62. The second-order valence-electron chi connectivity index (χ2n) is 35.7. The predicted molar refractivity (Wildman–Crippen MR) is 590 cm³/mol. The van der Waals surface area contributed by atoms with Gasteiger partial charge in [-0.2, -0.15) is 0 Å². The maximum atomic E-state index is 6.86. The molecule has 0 unspecified atom stereocenters. The third-order valence-corrected chi connectivity index (χ3v) is 27.7. The van der Waals surface area contributed by atoms with Gasteiger partial charge in [0.15, 0.2) is 34.5 Å². The van der Waals surface area contributed by atoms with Gasteiger partial charge in [-0.3, -0.25) is 0 Å². The van der Waals surface area contributed by atoms with Crippen LogP contribution in [0.1, 0.15) is 14.9 Å². The lowest BCUT2D eigenvalue weighted by Gasteiger charge is -2.34. The topological polar surface area (TPSA) is 116 Å². The Bertz CT molecular complexity index is 9650. The predicted octanol–water partition coefficient (Wildman–Crippen LogP) is 37.9. The Morgan fingerprint density at radius 3 is 0.825 bits per heavy atom. The number of para-hydroxylation sites is 19. The van der Waals surface area contributed by atoms with E-state index in [4.69, 9.17) is 42.4 Å². The van der Waals surface area contributed by atoms with Crippen molar-refractivity contribution in [3.63, 3.8) is 0 Å². The fraction of sp³-hybridized carbons (Fsp3) is 0.0153. The van der Waals surface area contributed by atoms with Crippen molar-refractivity contribution in [2.24, 2.45) is 0 Å². The van der Waals surface area contributed by atoms with Crippen LogP contribution in [0.25, 0.3) is 198 Å². The second-order valence-corrected chi connectivity index (χ2v) is 35.7. The molecule has 12 nitrogen and oxygen atoms in total. The summed E-state index contributed by atoms with van der Waals surface area (Å²) in [7, 11) is 0. The number of anilines is 9. The molecule has 143 heavy (non-hydrogen) atoms. The summed E-state index contributed by atoms with van der Waals surface area (Å²) in [6.45, 7) is 0. The van der Waals surface area contributed by atoms with Gasteiger partial charge in [-0.05, 0) is 169 Å². The Morgan fingerprint density at radius 2 is 0.448 bits per heavy atom. The molecule has 3 aliphatic rings. The molecule has 0 radical (unpaired) electrons. The van der Waals surface area contributed by atoms with Crippen LogP contribution >= 0.6 is 0 Å². The van der Waals surface area contributed by atoms with Crippen LogP contribution < -0.4 is 28.9 Å². The van der Waals surface area contributed by atoms with E-state index in [1.807, 2.05) is 121 Å². The fourth-order valence-electron chi connectivity index (χ4n) is 21.5. The van der Waals surface area contributed by atoms with Crippen LogP contribution in [0.2, 0.25) is 0 Å². The summed E-state index contributed by atoms with van der Waals surface area (Å²) in [5, 5.41) is 16.7. The maximum absolute atomic E-state index is 6.86. The van der Waals surface area contributed by atoms with Crippen molar-refractivity contribution < 1.29 is 27.5 Å². The zero-order valence-electron chi connectivity index (χ0n) is 75.7. The third-order valence-electron chi connectivity index (χ3n) is 27.7. The average molecular weight is 1840 g/mol. The molecule has 30 rings (SSSR count). The van der Waals surface area contributed by atoms with Crippen molar-refractivity contribution in [1.29, 1.82) is 0 Å². The fourth-order valence-corrected chi connectivity index (χ4v) is 21.5. The van der Waals surface area contributed by atoms with Crippen molar-refractivity contribution in [3.05, 3.63) is 473 Å². The molecular formula is C131H86N6O6. The lowest BCUT2D eigenvalue weighted by molar-refractivity contribution is 0.477. The minimum atomic E-state index is 0. The minimum absolute atomic E-state index is 0. The lowest BCUT2D eigenvalue weighted by atomic mass is 9.91. The number of rotatable bonds is 9. The number of pyridine rings is 3.